The summed E-state index contributed by atoms with van der Waals surface area (Å²) < 4.78 is 0. The molecular weight excluding hydrogens is 338 g/mol. The fourth-order valence-electron chi connectivity index (χ4n) is 2.41. The molecule has 122 valence electrons. The van der Waals surface area contributed by atoms with Crippen molar-refractivity contribution in [2.24, 2.45) is 0 Å². The first-order valence-electron chi connectivity index (χ1n) is 7.53. The summed E-state index contributed by atoms with van der Waals surface area (Å²) in [5.74, 6) is -0.234. The minimum atomic E-state index is -0.177. The van der Waals surface area contributed by atoms with Crippen molar-refractivity contribution in [2.75, 3.05) is 5.32 Å². The number of aryl methyl sites for hydroxylation is 2. The molecule has 0 aliphatic heterocycles. The number of benzene rings is 1. The van der Waals surface area contributed by atoms with Crippen molar-refractivity contribution < 1.29 is 9.59 Å². The maximum Gasteiger partial charge on any atom is 0.266 e. The molecule has 0 unspecified atom stereocenters. The summed E-state index contributed by atoms with van der Waals surface area (Å²) in [4.78, 5) is 27.0. The lowest BCUT2D eigenvalue weighted by Gasteiger charge is -2.07. The molecule has 1 amide bonds. The van der Waals surface area contributed by atoms with Gasteiger partial charge in [0.15, 0.2) is 5.78 Å². The van der Waals surface area contributed by atoms with Crippen molar-refractivity contribution in [3.63, 3.8) is 0 Å². The summed E-state index contributed by atoms with van der Waals surface area (Å²) >= 11 is 2.83. The van der Waals surface area contributed by atoms with Crippen LogP contribution in [0.25, 0.3) is 0 Å². The van der Waals surface area contributed by atoms with Crippen molar-refractivity contribution in [3.8, 4) is 0 Å². The first-order chi connectivity index (χ1) is 11.5. The normalized spacial score (nSPS) is 10.6. The van der Waals surface area contributed by atoms with Crippen molar-refractivity contribution in [1.29, 1.82) is 0 Å². The smallest absolute Gasteiger partial charge is 0.266 e. The van der Waals surface area contributed by atoms with Gasteiger partial charge in [-0.1, -0.05) is 35.9 Å². The van der Waals surface area contributed by atoms with E-state index in [1.165, 1.54) is 22.7 Å². The molecule has 1 N–H and O–H groups in total. The molecule has 1 aromatic carbocycles. The topological polar surface area (TPSA) is 46.2 Å². The molecule has 0 spiro atoms. The highest BCUT2D eigenvalue weighted by Crippen LogP contribution is 2.34. The Kier molecular flexibility index (Phi) is 4.64. The molecule has 0 bridgehead atoms. The number of hydrogen-bond acceptors (Lipinski definition) is 4. The zero-order valence-electron chi connectivity index (χ0n) is 13.7. The second kappa shape index (κ2) is 6.71. The number of anilines is 1. The van der Waals surface area contributed by atoms with Crippen LogP contribution in [0.15, 0.2) is 41.8 Å². The molecule has 5 heteroatoms. The van der Waals surface area contributed by atoms with E-state index in [0.717, 1.165) is 16.0 Å². The van der Waals surface area contributed by atoms with Gasteiger partial charge in [0, 0.05) is 10.4 Å². The Balaban J connectivity index is 1.97. The van der Waals surface area contributed by atoms with E-state index in [2.05, 4.69) is 5.32 Å². The third kappa shape index (κ3) is 3.18. The van der Waals surface area contributed by atoms with Gasteiger partial charge in [0.1, 0.15) is 5.00 Å². The molecule has 0 saturated heterocycles. The highest BCUT2D eigenvalue weighted by atomic mass is 32.1. The highest BCUT2D eigenvalue weighted by molar-refractivity contribution is 7.17. The third-order valence-corrected chi connectivity index (χ3v) is 5.89. The van der Waals surface area contributed by atoms with Crippen LogP contribution in [-0.2, 0) is 0 Å². The average molecular weight is 355 g/mol. The van der Waals surface area contributed by atoms with E-state index in [9.17, 15) is 9.59 Å². The van der Waals surface area contributed by atoms with Gasteiger partial charge < -0.3 is 5.32 Å². The van der Waals surface area contributed by atoms with Gasteiger partial charge in [-0.25, -0.2) is 0 Å². The number of ketones is 1. The Morgan fingerprint density at radius 2 is 1.71 bits per heavy atom. The number of nitrogens with one attached hydrogen (secondary N) is 1. The fraction of sp³-hybridized carbons (Fsp3) is 0.158. The quantitative estimate of drug-likeness (QED) is 0.652. The van der Waals surface area contributed by atoms with Crippen LogP contribution >= 0.6 is 22.7 Å². The number of carbonyl (C=O) groups is 2. The van der Waals surface area contributed by atoms with Gasteiger partial charge in [-0.15, -0.1) is 22.7 Å². The molecule has 3 rings (SSSR count). The number of carbonyl (C=O) groups excluding carboxylic acids is 2. The molecule has 0 saturated carbocycles. The Morgan fingerprint density at radius 3 is 2.33 bits per heavy atom. The predicted molar refractivity (Wildman–Crippen MR) is 101 cm³/mol. The van der Waals surface area contributed by atoms with Crippen molar-refractivity contribution in [3.05, 3.63) is 73.8 Å². The SMILES string of the molecule is Cc1ccc(C(=O)c2c(NC(=O)c3cccs3)sc(C)c2C)cc1. The monoisotopic (exact) mass is 355 g/mol. The Morgan fingerprint density at radius 1 is 1.00 bits per heavy atom. The predicted octanol–water partition coefficient (Wildman–Crippen LogP) is 5.22. The molecule has 3 nitrogen and oxygen atoms in total. The van der Waals surface area contributed by atoms with Gasteiger partial charge in [0.2, 0.25) is 0 Å². The maximum absolute atomic E-state index is 12.9. The van der Waals surface area contributed by atoms with Gasteiger partial charge in [0.05, 0.1) is 10.4 Å². The largest absolute Gasteiger partial charge is 0.312 e. The van der Waals surface area contributed by atoms with Gasteiger partial charge in [-0.3, -0.25) is 9.59 Å². The summed E-state index contributed by atoms with van der Waals surface area (Å²) in [6.45, 7) is 5.88. The molecule has 0 radical (unpaired) electrons. The molecule has 0 aliphatic rings. The van der Waals surface area contributed by atoms with Crippen molar-refractivity contribution in [2.45, 2.75) is 20.8 Å². The average Bonchev–Trinajstić information content (AvgIpc) is 3.17. The van der Waals surface area contributed by atoms with E-state index >= 15 is 0 Å². The first kappa shape index (κ1) is 16.6. The van der Waals surface area contributed by atoms with Crippen molar-refractivity contribution in [1.82, 2.24) is 0 Å². The summed E-state index contributed by atoms with van der Waals surface area (Å²) in [6.07, 6.45) is 0. The molecule has 2 aromatic heterocycles. The number of amides is 1. The van der Waals surface area contributed by atoms with Crippen LogP contribution in [0.1, 0.15) is 41.6 Å². The number of rotatable bonds is 4. The fourth-order valence-corrected chi connectivity index (χ4v) is 4.08. The van der Waals surface area contributed by atoms with Crippen LogP contribution < -0.4 is 5.32 Å². The standard InChI is InChI=1S/C19H17NO2S2/c1-11-6-8-14(9-7-11)17(21)16-12(2)13(3)24-19(16)20-18(22)15-5-4-10-23-15/h4-10H,1-3H3,(H,20,22). The van der Waals surface area contributed by atoms with E-state index in [1.54, 1.807) is 6.07 Å². The zero-order valence-corrected chi connectivity index (χ0v) is 15.3. The lowest BCUT2D eigenvalue weighted by atomic mass is 10.0. The van der Waals surface area contributed by atoms with E-state index in [-0.39, 0.29) is 11.7 Å². The third-order valence-electron chi connectivity index (χ3n) is 3.90. The highest BCUT2D eigenvalue weighted by Gasteiger charge is 2.22. The van der Waals surface area contributed by atoms with Crippen LogP contribution in [0.2, 0.25) is 0 Å². The molecule has 24 heavy (non-hydrogen) atoms. The number of hydrogen-bond donors (Lipinski definition) is 1. The second-order valence-corrected chi connectivity index (χ2v) is 7.79. The van der Waals surface area contributed by atoms with E-state index < -0.39 is 0 Å². The minimum Gasteiger partial charge on any atom is -0.312 e. The molecule has 3 aromatic rings. The van der Waals surface area contributed by atoms with Gasteiger partial charge in [-0.2, -0.15) is 0 Å². The molecule has 2 heterocycles. The molecule has 0 fully saturated rings. The van der Waals surface area contributed by atoms with Crippen LogP contribution in [0.3, 0.4) is 0 Å². The van der Waals surface area contributed by atoms with Crippen LogP contribution in [0.5, 0.6) is 0 Å². The Labute approximate surface area is 149 Å². The van der Waals surface area contributed by atoms with E-state index in [0.29, 0.717) is 21.0 Å². The lowest BCUT2D eigenvalue weighted by molar-refractivity contribution is 0.103. The zero-order chi connectivity index (χ0) is 17.3. The second-order valence-electron chi connectivity index (χ2n) is 5.61. The van der Waals surface area contributed by atoms with Crippen molar-refractivity contribution >= 4 is 39.4 Å². The van der Waals surface area contributed by atoms with Gasteiger partial charge in [0.25, 0.3) is 5.91 Å². The van der Waals surface area contributed by atoms with Crippen LogP contribution in [-0.4, -0.2) is 11.7 Å². The molecule has 0 aliphatic carbocycles. The molecular formula is C19H17NO2S2. The summed E-state index contributed by atoms with van der Waals surface area (Å²) in [5.41, 5.74) is 3.25. The van der Waals surface area contributed by atoms with E-state index in [1.807, 2.05) is 56.5 Å². The van der Waals surface area contributed by atoms with Crippen LogP contribution in [0, 0.1) is 20.8 Å². The maximum atomic E-state index is 12.9. The summed E-state index contributed by atoms with van der Waals surface area (Å²) in [6, 6.07) is 11.1. The van der Waals surface area contributed by atoms with Gasteiger partial charge in [-0.05, 0) is 37.8 Å². The Bertz CT molecular complexity index is 890. The minimum absolute atomic E-state index is 0.0571. The van der Waals surface area contributed by atoms with E-state index in [4.69, 9.17) is 0 Å². The Hall–Kier alpha value is -2.24. The van der Waals surface area contributed by atoms with Crippen LogP contribution in [0.4, 0.5) is 5.00 Å². The summed E-state index contributed by atoms with van der Waals surface area (Å²) in [5, 5.41) is 5.38. The molecule has 0 atom stereocenters. The summed E-state index contributed by atoms with van der Waals surface area (Å²) in [7, 11) is 0. The lowest BCUT2D eigenvalue weighted by Crippen LogP contribution is -2.13. The number of thiophene rings is 2. The van der Waals surface area contributed by atoms with Gasteiger partial charge >= 0.3 is 0 Å². The first-order valence-corrected chi connectivity index (χ1v) is 9.23.